The van der Waals surface area contributed by atoms with Gasteiger partial charge in [0.05, 0.1) is 11.7 Å². The standard InChI is InChI=1S/C16H14N6O/c1-9-5-10(2)22-8-17-14(15(22)19-9)16(23)20-12-3-4-13-11(6-12)7-18-21-13/h3-8H,1-2H3,(H,18,21)(H,20,23). The Kier molecular flexibility index (Phi) is 2.87. The summed E-state index contributed by atoms with van der Waals surface area (Å²) in [6.45, 7) is 3.85. The molecule has 0 saturated heterocycles. The molecule has 7 heteroatoms. The fourth-order valence-corrected chi connectivity index (χ4v) is 2.65. The van der Waals surface area contributed by atoms with Gasteiger partial charge < -0.3 is 5.32 Å². The number of nitrogens with one attached hydrogen (secondary N) is 2. The van der Waals surface area contributed by atoms with Gasteiger partial charge in [-0.15, -0.1) is 0 Å². The minimum atomic E-state index is -0.284. The van der Waals surface area contributed by atoms with Crippen LogP contribution in [-0.4, -0.2) is 30.5 Å². The summed E-state index contributed by atoms with van der Waals surface area (Å²) in [7, 11) is 0. The number of rotatable bonds is 2. The fraction of sp³-hybridized carbons (Fsp3) is 0.125. The topological polar surface area (TPSA) is 88.0 Å². The molecule has 1 aromatic carbocycles. The Morgan fingerprint density at radius 2 is 2.13 bits per heavy atom. The minimum absolute atomic E-state index is 0.284. The summed E-state index contributed by atoms with van der Waals surface area (Å²) in [5.74, 6) is -0.284. The first-order valence-corrected chi connectivity index (χ1v) is 7.17. The molecule has 3 aromatic heterocycles. The number of fused-ring (bicyclic) bond motifs is 2. The molecule has 0 unspecified atom stereocenters. The molecule has 0 saturated carbocycles. The molecule has 0 spiro atoms. The summed E-state index contributed by atoms with van der Waals surface area (Å²) in [6.07, 6.45) is 3.33. The van der Waals surface area contributed by atoms with Crippen molar-refractivity contribution in [3.05, 3.63) is 53.9 Å². The highest BCUT2D eigenvalue weighted by Crippen LogP contribution is 2.18. The third kappa shape index (κ3) is 2.22. The fourth-order valence-electron chi connectivity index (χ4n) is 2.65. The molecule has 0 atom stereocenters. The Labute approximate surface area is 131 Å². The number of imidazole rings is 1. The van der Waals surface area contributed by atoms with Gasteiger partial charge >= 0.3 is 0 Å². The number of aryl methyl sites for hydroxylation is 2. The highest BCUT2D eigenvalue weighted by atomic mass is 16.1. The summed E-state index contributed by atoms with van der Waals surface area (Å²) in [4.78, 5) is 21.2. The molecule has 23 heavy (non-hydrogen) atoms. The molecule has 1 amide bonds. The monoisotopic (exact) mass is 306 g/mol. The van der Waals surface area contributed by atoms with E-state index in [1.165, 1.54) is 0 Å². The van der Waals surface area contributed by atoms with Crippen LogP contribution in [0.2, 0.25) is 0 Å². The quantitative estimate of drug-likeness (QED) is 0.595. The second-order valence-corrected chi connectivity index (χ2v) is 5.45. The van der Waals surface area contributed by atoms with Gasteiger partial charge in [-0.3, -0.25) is 14.3 Å². The highest BCUT2D eigenvalue weighted by Gasteiger charge is 2.16. The first-order valence-electron chi connectivity index (χ1n) is 7.17. The Hall–Kier alpha value is -3.22. The molecule has 0 fully saturated rings. The molecule has 114 valence electrons. The second kappa shape index (κ2) is 4.91. The number of nitrogens with zero attached hydrogens (tertiary/aromatic N) is 4. The molecular weight excluding hydrogens is 292 g/mol. The SMILES string of the molecule is Cc1cc(C)n2cnc(C(=O)Nc3ccc4[nH]ncc4c3)c2n1. The van der Waals surface area contributed by atoms with Crippen LogP contribution in [0, 0.1) is 13.8 Å². The lowest BCUT2D eigenvalue weighted by molar-refractivity contribution is 0.102. The molecular formula is C16H14N6O. The number of hydrogen-bond donors (Lipinski definition) is 2. The summed E-state index contributed by atoms with van der Waals surface area (Å²) in [5, 5.41) is 10.6. The maximum atomic E-state index is 12.5. The maximum absolute atomic E-state index is 12.5. The van der Waals surface area contributed by atoms with Gasteiger partial charge in [-0.25, -0.2) is 9.97 Å². The van der Waals surface area contributed by atoms with Crippen LogP contribution >= 0.6 is 0 Å². The van der Waals surface area contributed by atoms with Crippen molar-refractivity contribution in [2.75, 3.05) is 5.32 Å². The van der Waals surface area contributed by atoms with Gasteiger partial charge in [0.2, 0.25) is 0 Å². The summed E-state index contributed by atoms with van der Waals surface area (Å²) < 4.78 is 1.81. The highest BCUT2D eigenvalue weighted by molar-refractivity contribution is 6.07. The van der Waals surface area contributed by atoms with Crippen LogP contribution in [0.1, 0.15) is 21.9 Å². The zero-order valence-electron chi connectivity index (χ0n) is 12.7. The van der Waals surface area contributed by atoms with Gasteiger partial charge in [0.1, 0.15) is 6.33 Å². The number of carbonyl (C=O) groups excluding carboxylic acids is 1. The van der Waals surface area contributed by atoms with E-state index in [-0.39, 0.29) is 5.91 Å². The van der Waals surface area contributed by atoms with Crippen LogP contribution in [0.15, 0.2) is 36.8 Å². The normalized spacial score (nSPS) is 11.2. The second-order valence-electron chi connectivity index (χ2n) is 5.45. The van der Waals surface area contributed by atoms with Crippen molar-refractivity contribution in [2.24, 2.45) is 0 Å². The van der Waals surface area contributed by atoms with E-state index in [4.69, 9.17) is 0 Å². The lowest BCUT2D eigenvalue weighted by Gasteiger charge is -2.05. The predicted molar refractivity (Wildman–Crippen MR) is 86.5 cm³/mol. The number of hydrogen-bond acceptors (Lipinski definition) is 4. The Balaban J connectivity index is 1.71. The van der Waals surface area contributed by atoms with E-state index in [2.05, 4.69) is 25.5 Å². The molecule has 3 heterocycles. The molecule has 0 aliphatic heterocycles. The molecule has 4 aromatic rings. The van der Waals surface area contributed by atoms with E-state index in [1.54, 1.807) is 16.9 Å². The van der Waals surface area contributed by atoms with E-state index >= 15 is 0 Å². The van der Waals surface area contributed by atoms with Crippen molar-refractivity contribution in [3.63, 3.8) is 0 Å². The molecule has 0 aliphatic carbocycles. The average molecular weight is 306 g/mol. The van der Waals surface area contributed by atoms with Gasteiger partial charge in [0.25, 0.3) is 5.91 Å². The summed E-state index contributed by atoms with van der Waals surface area (Å²) in [6, 6.07) is 7.50. The van der Waals surface area contributed by atoms with Crippen molar-refractivity contribution in [1.29, 1.82) is 0 Å². The van der Waals surface area contributed by atoms with Crippen LogP contribution in [0.4, 0.5) is 5.69 Å². The van der Waals surface area contributed by atoms with Crippen LogP contribution < -0.4 is 5.32 Å². The van der Waals surface area contributed by atoms with Crippen molar-refractivity contribution in [1.82, 2.24) is 24.6 Å². The molecule has 4 rings (SSSR count). The third-order valence-electron chi connectivity index (χ3n) is 3.74. The number of H-pyrrole nitrogens is 1. The van der Waals surface area contributed by atoms with Crippen molar-refractivity contribution >= 4 is 28.1 Å². The van der Waals surface area contributed by atoms with Gasteiger partial charge in [0, 0.05) is 22.5 Å². The van der Waals surface area contributed by atoms with E-state index in [1.807, 2.05) is 38.1 Å². The molecule has 0 aliphatic rings. The zero-order valence-corrected chi connectivity index (χ0v) is 12.7. The van der Waals surface area contributed by atoms with Gasteiger partial charge in [-0.2, -0.15) is 5.10 Å². The molecule has 2 N–H and O–H groups in total. The van der Waals surface area contributed by atoms with E-state index < -0.39 is 0 Å². The summed E-state index contributed by atoms with van der Waals surface area (Å²) >= 11 is 0. The molecule has 0 radical (unpaired) electrons. The van der Waals surface area contributed by atoms with Gasteiger partial charge in [-0.1, -0.05) is 0 Å². The number of carbonyl (C=O) groups is 1. The van der Waals surface area contributed by atoms with Crippen LogP contribution in [0.25, 0.3) is 16.6 Å². The predicted octanol–water partition coefficient (Wildman–Crippen LogP) is 2.47. The van der Waals surface area contributed by atoms with E-state index in [0.717, 1.165) is 22.3 Å². The van der Waals surface area contributed by atoms with E-state index in [9.17, 15) is 4.79 Å². The zero-order chi connectivity index (χ0) is 16.0. The third-order valence-corrected chi connectivity index (χ3v) is 3.74. The lowest BCUT2D eigenvalue weighted by Crippen LogP contribution is -2.13. The number of anilines is 1. The van der Waals surface area contributed by atoms with Crippen LogP contribution in [-0.2, 0) is 0 Å². The summed E-state index contributed by atoms with van der Waals surface area (Å²) in [5.41, 5.74) is 4.31. The van der Waals surface area contributed by atoms with Crippen molar-refractivity contribution in [2.45, 2.75) is 13.8 Å². The minimum Gasteiger partial charge on any atom is -0.321 e. The average Bonchev–Trinajstić information content (AvgIpc) is 3.12. The first kappa shape index (κ1) is 13.4. The number of aromatic nitrogens is 5. The van der Waals surface area contributed by atoms with Crippen LogP contribution in [0.5, 0.6) is 0 Å². The van der Waals surface area contributed by atoms with Crippen LogP contribution in [0.3, 0.4) is 0 Å². The number of aromatic amines is 1. The Morgan fingerprint density at radius 1 is 1.26 bits per heavy atom. The lowest BCUT2D eigenvalue weighted by atomic mass is 10.2. The maximum Gasteiger partial charge on any atom is 0.278 e. The van der Waals surface area contributed by atoms with Crippen molar-refractivity contribution < 1.29 is 4.79 Å². The van der Waals surface area contributed by atoms with Gasteiger partial charge in [-0.05, 0) is 38.1 Å². The van der Waals surface area contributed by atoms with Gasteiger partial charge in [0.15, 0.2) is 11.3 Å². The Bertz CT molecular complexity index is 1050. The first-order chi connectivity index (χ1) is 11.1. The Morgan fingerprint density at radius 3 is 3.00 bits per heavy atom. The smallest absolute Gasteiger partial charge is 0.278 e. The molecule has 0 bridgehead atoms. The largest absolute Gasteiger partial charge is 0.321 e. The van der Waals surface area contributed by atoms with Crippen molar-refractivity contribution in [3.8, 4) is 0 Å². The number of benzene rings is 1. The number of amides is 1. The van der Waals surface area contributed by atoms with E-state index in [0.29, 0.717) is 17.0 Å². The molecule has 7 nitrogen and oxygen atoms in total.